The quantitative estimate of drug-likeness (QED) is 0.392. The van der Waals surface area contributed by atoms with Gasteiger partial charge in [0.05, 0.1) is 23.6 Å². The van der Waals surface area contributed by atoms with Crippen LogP contribution in [-0.4, -0.2) is 25.5 Å². The molecule has 1 N–H and O–H groups in total. The zero-order valence-electron chi connectivity index (χ0n) is 17.5. The number of rotatable bonds is 7. The fourth-order valence-corrected chi connectivity index (χ4v) is 3.46. The molecular weight excluding hydrogens is 477 g/mol. The summed E-state index contributed by atoms with van der Waals surface area (Å²) in [5, 5.41) is 11.7. The van der Waals surface area contributed by atoms with Gasteiger partial charge in [0.2, 0.25) is 0 Å². The average molecular weight is 498 g/mol. The van der Waals surface area contributed by atoms with E-state index in [1.54, 1.807) is 33.8 Å². The second kappa shape index (κ2) is 9.35. The van der Waals surface area contributed by atoms with E-state index in [0.29, 0.717) is 23.7 Å². The average Bonchev–Trinajstić information content (AvgIpc) is 3.35. The molecule has 164 valence electrons. The number of ether oxygens (including phenoxy) is 1. The molecule has 2 aromatic carbocycles. The van der Waals surface area contributed by atoms with Crippen molar-refractivity contribution in [2.75, 3.05) is 5.32 Å². The van der Waals surface area contributed by atoms with Gasteiger partial charge in [-0.25, -0.2) is 9.07 Å². The van der Waals surface area contributed by atoms with Crippen molar-refractivity contribution in [2.24, 2.45) is 0 Å². The molecule has 0 fully saturated rings. The van der Waals surface area contributed by atoms with E-state index in [-0.39, 0.29) is 24.1 Å². The van der Waals surface area contributed by atoms with Crippen molar-refractivity contribution in [3.05, 3.63) is 93.7 Å². The molecule has 4 aromatic rings. The molecule has 2 heterocycles. The van der Waals surface area contributed by atoms with Gasteiger partial charge in [-0.05, 0) is 61.9 Å². The number of benzene rings is 2. The van der Waals surface area contributed by atoms with Crippen LogP contribution in [0.2, 0.25) is 0 Å². The van der Waals surface area contributed by atoms with E-state index in [9.17, 15) is 9.18 Å². The van der Waals surface area contributed by atoms with E-state index >= 15 is 0 Å². The van der Waals surface area contributed by atoms with Crippen LogP contribution in [0.15, 0.2) is 65.3 Å². The molecule has 0 spiro atoms. The molecule has 0 atom stereocenters. The molecule has 1 amide bonds. The number of amides is 1. The Morgan fingerprint density at radius 2 is 1.78 bits per heavy atom. The minimum Gasteiger partial charge on any atom is -0.471 e. The van der Waals surface area contributed by atoms with Gasteiger partial charge in [0.15, 0.2) is 12.4 Å². The molecule has 7 nitrogen and oxygen atoms in total. The predicted octanol–water partition coefficient (Wildman–Crippen LogP) is 4.94. The van der Waals surface area contributed by atoms with Crippen LogP contribution in [0, 0.1) is 19.7 Å². The molecule has 0 aliphatic heterocycles. The molecular formula is C23H21BrFN5O2. The minimum absolute atomic E-state index is 0.183. The highest BCUT2D eigenvalue weighted by atomic mass is 79.9. The molecule has 0 saturated heterocycles. The number of aryl methyl sites for hydroxylation is 1. The maximum Gasteiger partial charge on any atom is 0.276 e. The Hall–Kier alpha value is -3.46. The first-order valence-corrected chi connectivity index (χ1v) is 10.7. The van der Waals surface area contributed by atoms with Crippen LogP contribution >= 0.6 is 15.9 Å². The lowest BCUT2D eigenvalue weighted by Gasteiger charge is -2.07. The first-order chi connectivity index (χ1) is 15.4. The van der Waals surface area contributed by atoms with Gasteiger partial charge in [-0.2, -0.15) is 10.2 Å². The van der Waals surface area contributed by atoms with Gasteiger partial charge in [-0.15, -0.1) is 0 Å². The van der Waals surface area contributed by atoms with Crippen molar-refractivity contribution in [2.45, 2.75) is 27.1 Å². The Bertz CT molecular complexity index is 1230. The van der Waals surface area contributed by atoms with Gasteiger partial charge in [-0.3, -0.25) is 9.48 Å². The summed E-state index contributed by atoms with van der Waals surface area (Å²) in [5.41, 5.74) is 3.32. The fraction of sp³-hybridized carbons (Fsp3) is 0.174. The van der Waals surface area contributed by atoms with E-state index in [0.717, 1.165) is 15.7 Å². The molecule has 0 saturated carbocycles. The summed E-state index contributed by atoms with van der Waals surface area (Å²) in [4.78, 5) is 12.7. The van der Waals surface area contributed by atoms with Crippen molar-refractivity contribution in [3.8, 4) is 5.75 Å². The number of hydrogen-bond donors (Lipinski definition) is 1. The van der Waals surface area contributed by atoms with Crippen LogP contribution < -0.4 is 10.1 Å². The van der Waals surface area contributed by atoms with Crippen molar-refractivity contribution >= 4 is 27.5 Å². The van der Waals surface area contributed by atoms with Gasteiger partial charge < -0.3 is 10.1 Å². The van der Waals surface area contributed by atoms with Crippen molar-refractivity contribution in [3.63, 3.8) is 0 Å². The van der Waals surface area contributed by atoms with Gasteiger partial charge in [0.1, 0.15) is 11.6 Å². The highest BCUT2D eigenvalue weighted by Gasteiger charge is 2.17. The normalized spacial score (nSPS) is 10.9. The smallest absolute Gasteiger partial charge is 0.276 e. The zero-order chi connectivity index (χ0) is 22.7. The maximum atomic E-state index is 13.1. The third-order valence-corrected chi connectivity index (χ3v) is 5.44. The lowest BCUT2D eigenvalue weighted by molar-refractivity contribution is 0.102. The van der Waals surface area contributed by atoms with E-state index in [4.69, 9.17) is 4.74 Å². The number of carbonyl (C=O) groups is 1. The third kappa shape index (κ3) is 5.05. The van der Waals surface area contributed by atoms with Crippen LogP contribution in [-0.2, 0) is 13.3 Å². The zero-order valence-corrected chi connectivity index (χ0v) is 19.1. The Balaban J connectivity index is 1.41. The molecule has 0 unspecified atom stereocenters. The summed E-state index contributed by atoms with van der Waals surface area (Å²) in [6, 6.07) is 15.4. The Labute approximate surface area is 192 Å². The first kappa shape index (κ1) is 21.8. The molecule has 0 aliphatic carbocycles. The number of hydrogen-bond acceptors (Lipinski definition) is 4. The van der Waals surface area contributed by atoms with E-state index in [1.165, 1.54) is 12.1 Å². The Kier molecular flexibility index (Phi) is 6.36. The summed E-state index contributed by atoms with van der Waals surface area (Å²) >= 11 is 3.38. The maximum absolute atomic E-state index is 13.1. The van der Waals surface area contributed by atoms with E-state index in [1.807, 2.05) is 38.1 Å². The molecule has 32 heavy (non-hydrogen) atoms. The van der Waals surface area contributed by atoms with Gasteiger partial charge in [0.25, 0.3) is 5.91 Å². The largest absolute Gasteiger partial charge is 0.471 e. The van der Waals surface area contributed by atoms with Crippen LogP contribution in [0.4, 0.5) is 10.1 Å². The van der Waals surface area contributed by atoms with Crippen molar-refractivity contribution in [1.29, 1.82) is 0 Å². The van der Waals surface area contributed by atoms with Gasteiger partial charge in [0, 0.05) is 10.7 Å². The minimum atomic E-state index is -0.333. The molecule has 0 aliphatic rings. The fourth-order valence-electron chi connectivity index (χ4n) is 3.20. The summed E-state index contributed by atoms with van der Waals surface area (Å²) in [7, 11) is 0. The van der Waals surface area contributed by atoms with Gasteiger partial charge >= 0.3 is 0 Å². The SMILES string of the molecule is Cc1nn(Cc2ccc(F)cc2)c(C)c1NC(=O)c1ccn(COc2ccc(Br)cc2)n1. The third-order valence-electron chi connectivity index (χ3n) is 4.92. The van der Waals surface area contributed by atoms with E-state index < -0.39 is 0 Å². The van der Waals surface area contributed by atoms with E-state index in [2.05, 4.69) is 31.4 Å². The van der Waals surface area contributed by atoms with Crippen LogP contribution in [0.5, 0.6) is 5.75 Å². The molecule has 0 bridgehead atoms. The van der Waals surface area contributed by atoms with Crippen LogP contribution in [0.1, 0.15) is 27.4 Å². The Morgan fingerprint density at radius 1 is 1.06 bits per heavy atom. The molecule has 4 rings (SSSR count). The summed E-state index contributed by atoms with van der Waals surface area (Å²) < 4.78 is 23.1. The van der Waals surface area contributed by atoms with Crippen LogP contribution in [0.3, 0.4) is 0 Å². The first-order valence-electron chi connectivity index (χ1n) is 9.90. The van der Waals surface area contributed by atoms with Gasteiger partial charge in [-0.1, -0.05) is 28.1 Å². The standard InChI is InChI=1S/C23H21BrFN5O2/c1-15-22(16(2)30(27-15)13-17-3-7-19(25)8-4-17)26-23(31)21-11-12-29(28-21)14-32-20-9-5-18(24)6-10-20/h3-12H,13-14H2,1-2H3,(H,26,31). The van der Waals surface area contributed by atoms with Crippen molar-refractivity contribution < 1.29 is 13.9 Å². The number of carbonyl (C=O) groups excluding carboxylic acids is 1. The second-order valence-electron chi connectivity index (χ2n) is 7.25. The highest BCUT2D eigenvalue weighted by Crippen LogP contribution is 2.21. The van der Waals surface area contributed by atoms with Crippen LogP contribution in [0.25, 0.3) is 0 Å². The summed E-state index contributed by atoms with van der Waals surface area (Å²) in [6.45, 7) is 4.37. The predicted molar refractivity (Wildman–Crippen MR) is 122 cm³/mol. The molecule has 0 radical (unpaired) electrons. The monoisotopic (exact) mass is 497 g/mol. The Morgan fingerprint density at radius 3 is 2.50 bits per heavy atom. The molecule has 9 heteroatoms. The number of aromatic nitrogens is 4. The topological polar surface area (TPSA) is 74.0 Å². The highest BCUT2D eigenvalue weighted by molar-refractivity contribution is 9.10. The second-order valence-corrected chi connectivity index (χ2v) is 8.17. The number of nitrogens with one attached hydrogen (secondary N) is 1. The molecule has 2 aromatic heterocycles. The number of anilines is 1. The van der Waals surface area contributed by atoms with Crippen molar-refractivity contribution in [1.82, 2.24) is 19.6 Å². The lowest BCUT2D eigenvalue weighted by Crippen LogP contribution is -2.15. The number of halogens is 2. The summed E-state index contributed by atoms with van der Waals surface area (Å²) in [6.07, 6.45) is 1.69. The lowest BCUT2D eigenvalue weighted by atomic mass is 10.2. The number of nitrogens with zero attached hydrogens (tertiary/aromatic N) is 4. The summed E-state index contributed by atoms with van der Waals surface area (Å²) in [5.74, 6) is 0.0891.